The highest BCUT2D eigenvalue weighted by atomic mass is 32.1. The zero-order valence-electron chi connectivity index (χ0n) is 12.7. The molecule has 2 amide bonds. The second kappa shape index (κ2) is 5.45. The van der Waals surface area contributed by atoms with Gasteiger partial charge in [-0.3, -0.25) is 14.7 Å². The van der Waals surface area contributed by atoms with E-state index in [0.29, 0.717) is 25.2 Å². The minimum atomic E-state index is -0.0749. The van der Waals surface area contributed by atoms with Crippen LogP contribution < -0.4 is 0 Å². The number of likely N-dealkylation sites (tertiary alicyclic amines) is 2. The van der Waals surface area contributed by atoms with Crippen molar-refractivity contribution in [3.63, 3.8) is 0 Å². The van der Waals surface area contributed by atoms with E-state index in [4.69, 9.17) is 0 Å². The number of aromatic nitrogens is 3. The minimum Gasteiger partial charge on any atom is -0.332 e. The summed E-state index contributed by atoms with van der Waals surface area (Å²) in [5.74, 6) is 0.0296. The monoisotopic (exact) mass is 331 g/mol. The fourth-order valence-corrected chi connectivity index (χ4v) is 4.17. The van der Waals surface area contributed by atoms with E-state index >= 15 is 0 Å². The Morgan fingerprint density at radius 2 is 2.35 bits per heavy atom. The molecule has 2 fully saturated rings. The number of nitrogens with one attached hydrogen (secondary N) is 1. The van der Waals surface area contributed by atoms with Crippen molar-refractivity contribution in [1.29, 1.82) is 0 Å². The summed E-state index contributed by atoms with van der Waals surface area (Å²) in [5, 5.41) is 9.55. The first-order valence-corrected chi connectivity index (χ1v) is 8.52. The van der Waals surface area contributed by atoms with Crippen LogP contribution in [0.25, 0.3) is 0 Å². The Balaban J connectivity index is 1.52. The van der Waals surface area contributed by atoms with Crippen LogP contribution >= 0.6 is 11.3 Å². The van der Waals surface area contributed by atoms with E-state index < -0.39 is 0 Å². The van der Waals surface area contributed by atoms with Gasteiger partial charge in [-0.15, -0.1) is 11.3 Å². The number of amides is 2. The van der Waals surface area contributed by atoms with Gasteiger partial charge in [-0.25, -0.2) is 4.98 Å². The SMILES string of the molecule is Cc1nc(CN2C(=O)C[C@@H]3[C@@H]2CCN3C(=O)c2ccn[nH]2)cs1. The van der Waals surface area contributed by atoms with Crippen LogP contribution in [0.1, 0.15) is 34.0 Å². The quantitative estimate of drug-likeness (QED) is 0.916. The zero-order valence-corrected chi connectivity index (χ0v) is 13.5. The predicted molar refractivity (Wildman–Crippen MR) is 83.8 cm³/mol. The average Bonchev–Trinajstić information content (AvgIpc) is 3.27. The molecule has 0 aromatic carbocycles. The standard InChI is InChI=1S/C15H17N5O2S/c1-9-17-10(8-23-9)7-20-12-3-5-19(13(12)6-14(20)21)15(22)11-2-4-16-18-11/h2,4,8,12-13H,3,5-7H2,1H3,(H,16,18)/t12-,13+/m0/s1. The molecule has 120 valence electrons. The Morgan fingerprint density at radius 1 is 1.48 bits per heavy atom. The lowest BCUT2D eigenvalue weighted by Crippen LogP contribution is -2.39. The fourth-order valence-electron chi connectivity index (χ4n) is 3.57. The summed E-state index contributed by atoms with van der Waals surface area (Å²) in [7, 11) is 0. The molecule has 2 aromatic heterocycles. The first-order chi connectivity index (χ1) is 11.1. The molecule has 4 rings (SSSR count). The van der Waals surface area contributed by atoms with Crippen molar-refractivity contribution in [3.8, 4) is 0 Å². The Bertz CT molecular complexity index is 741. The van der Waals surface area contributed by atoms with E-state index in [2.05, 4.69) is 15.2 Å². The molecule has 2 aromatic rings. The normalized spacial score (nSPS) is 23.6. The molecule has 2 saturated heterocycles. The van der Waals surface area contributed by atoms with E-state index in [-0.39, 0.29) is 23.9 Å². The molecular weight excluding hydrogens is 314 g/mol. The molecule has 0 unspecified atom stereocenters. The molecule has 0 saturated carbocycles. The first kappa shape index (κ1) is 14.4. The summed E-state index contributed by atoms with van der Waals surface area (Å²) in [6, 6.07) is 1.72. The maximum atomic E-state index is 12.5. The molecule has 8 heteroatoms. The first-order valence-electron chi connectivity index (χ1n) is 7.64. The molecule has 2 aliphatic rings. The lowest BCUT2D eigenvalue weighted by atomic mass is 10.1. The highest BCUT2D eigenvalue weighted by Gasteiger charge is 2.48. The van der Waals surface area contributed by atoms with Crippen LogP contribution in [-0.2, 0) is 11.3 Å². The Kier molecular flexibility index (Phi) is 3.41. The van der Waals surface area contributed by atoms with Gasteiger partial charge in [-0.2, -0.15) is 5.10 Å². The van der Waals surface area contributed by atoms with Gasteiger partial charge in [0.1, 0.15) is 5.69 Å². The number of carbonyl (C=O) groups excluding carboxylic acids is 2. The van der Waals surface area contributed by atoms with E-state index in [1.807, 2.05) is 22.1 Å². The van der Waals surface area contributed by atoms with Crippen LogP contribution in [0, 0.1) is 6.92 Å². The van der Waals surface area contributed by atoms with Gasteiger partial charge in [-0.05, 0) is 19.4 Å². The topological polar surface area (TPSA) is 82.2 Å². The third-order valence-corrected chi connectivity index (χ3v) is 5.43. The number of hydrogen-bond donors (Lipinski definition) is 1. The molecule has 0 spiro atoms. The number of H-pyrrole nitrogens is 1. The Labute approximate surface area is 137 Å². The molecule has 0 bridgehead atoms. The van der Waals surface area contributed by atoms with Crippen molar-refractivity contribution in [2.45, 2.75) is 38.4 Å². The maximum absolute atomic E-state index is 12.5. The summed E-state index contributed by atoms with van der Waals surface area (Å²) in [6.07, 6.45) is 2.78. The predicted octanol–water partition coefficient (Wildman–Crippen LogP) is 1.19. The van der Waals surface area contributed by atoms with Crippen LogP contribution in [0.4, 0.5) is 0 Å². The van der Waals surface area contributed by atoms with Gasteiger partial charge in [0, 0.05) is 24.5 Å². The second-order valence-electron chi connectivity index (χ2n) is 5.98. The number of aromatic amines is 1. The molecule has 1 N–H and O–H groups in total. The maximum Gasteiger partial charge on any atom is 0.272 e. The van der Waals surface area contributed by atoms with Crippen molar-refractivity contribution in [2.75, 3.05) is 6.54 Å². The average molecular weight is 331 g/mol. The van der Waals surface area contributed by atoms with Crippen LogP contribution in [0.15, 0.2) is 17.6 Å². The van der Waals surface area contributed by atoms with E-state index in [9.17, 15) is 9.59 Å². The van der Waals surface area contributed by atoms with Gasteiger partial charge < -0.3 is 9.80 Å². The van der Waals surface area contributed by atoms with Gasteiger partial charge in [0.05, 0.1) is 29.3 Å². The van der Waals surface area contributed by atoms with Crippen molar-refractivity contribution in [1.82, 2.24) is 25.0 Å². The van der Waals surface area contributed by atoms with Gasteiger partial charge >= 0.3 is 0 Å². The van der Waals surface area contributed by atoms with Crippen LogP contribution in [-0.4, -0.2) is 55.4 Å². The fraction of sp³-hybridized carbons (Fsp3) is 0.467. The summed E-state index contributed by atoms with van der Waals surface area (Å²) >= 11 is 1.59. The van der Waals surface area contributed by atoms with Crippen molar-refractivity contribution < 1.29 is 9.59 Å². The summed E-state index contributed by atoms with van der Waals surface area (Å²) in [6.45, 7) is 3.17. The number of nitrogens with zero attached hydrogens (tertiary/aromatic N) is 4. The molecule has 0 radical (unpaired) electrons. The number of aryl methyl sites for hydroxylation is 1. The highest BCUT2D eigenvalue weighted by Crippen LogP contribution is 2.34. The molecule has 23 heavy (non-hydrogen) atoms. The Hall–Kier alpha value is -2.22. The van der Waals surface area contributed by atoms with Gasteiger partial charge in [-0.1, -0.05) is 0 Å². The number of thiazole rings is 1. The zero-order chi connectivity index (χ0) is 16.0. The van der Waals surface area contributed by atoms with Gasteiger partial charge in [0.15, 0.2) is 0 Å². The smallest absolute Gasteiger partial charge is 0.272 e. The molecular formula is C15H17N5O2S. The lowest BCUT2D eigenvalue weighted by Gasteiger charge is -2.24. The summed E-state index contributed by atoms with van der Waals surface area (Å²) in [4.78, 5) is 33.1. The molecule has 7 nitrogen and oxygen atoms in total. The van der Waals surface area contributed by atoms with E-state index in [1.165, 1.54) is 0 Å². The second-order valence-corrected chi connectivity index (χ2v) is 7.04. The molecule has 2 aliphatic heterocycles. The summed E-state index contributed by atoms with van der Waals surface area (Å²) in [5.41, 5.74) is 1.41. The van der Waals surface area contributed by atoms with Crippen molar-refractivity contribution in [2.24, 2.45) is 0 Å². The third kappa shape index (κ3) is 2.42. The molecule has 2 atom stereocenters. The molecule has 0 aliphatic carbocycles. The Morgan fingerprint density at radius 3 is 3.04 bits per heavy atom. The number of carbonyl (C=O) groups is 2. The number of fused-ring (bicyclic) bond motifs is 1. The number of hydrogen-bond acceptors (Lipinski definition) is 5. The van der Waals surface area contributed by atoms with Gasteiger partial charge in [0.25, 0.3) is 5.91 Å². The van der Waals surface area contributed by atoms with Crippen molar-refractivity contribution >= 4 is 23.2 Å². The minimum absolute atomic E-state index is 0.0435. The van der Waals surface area contributed by atoms with Crippen LogP contribution in [0.5, 0.6) is 0 Å². The third-order valence-electron chi connectivity index (χ3n) is 4.61. The lowest BCUT2D eigenvalue weighted by molar-refractivity contribution is -0.129. The molecule has 4 heterocycles. The highest BCUT2D eigenvalue weighted by molar-refractivity contribution is 7.09. The number of rotatable bonds is 3. The summed E-state index contributed by atoms with van der Waals surface area (Å²) < 4.78 is 0. The van der Waals surface area contributed by atoms with Crippen molar-refractivity contribution in [3.05, 3.63) is 34.0 Å². The van der Waals surface area contributed by atoms with Crippen LogP contribution in [0.3, 0.4) is 0 Å². The largest absolute Gasteiger partial charge is 0.332 e. The van der Waals surface area contributed by atoms with E-state index in [0.717, 1.165) is 17.1 Å². The van der Waals surface area contributed by atoms with E-state index in [1.54, 1.807) is 23.6 Å². The van der Waals surface area contributed by atoms with Crippen LogP contribution in [0.2, 0.25) is 0 Å². The van der Waals surface area contributed by atoms with Gasteiger partial charge in [0.2, 0.25) is 5.91 Å².